The standard InChI is InChI=1S/C27H32N2O5/c1-16(18-5-3-2-4-6-18)28-26(32)14-20-13-22-21-12-19(29-25(31)11-17-7-8-17)9-10-23(21)34-27(22)24(15-30)33-20/h2-6,9-10,12,16-17,20,22,24,27,30H,7-8,11,13-15H2,1H3,(H,28,32)(H,29,31)/t16-,20+,22+,24-,27-/m0/s1. The Morgan fingerprint density at radius 3 is 2.62 bits per heavy atom. The van der Waals surface area contributed by atoms with E-state index < -0.39 is 6.10 Å². The van der Waals surface area contributed by atoms with Gasteiger partial charge in [0.05, 0.1) is 25.2 Å². The Morgan fingerprint density at radius 1 is 1.09 bits per heavy atom. The van der Waals surface area contributed by atoms with Crippen LogP contribution in [-0.4, -0.2) is 41.8 Å². The average molecular weight is 465 g/mol. The van der Waals surface area contributed by atoms with Crippen molar-refractivity contribution in [2.24, 2.45) is 5.92 Å². The molecule has 180 valence electrons. The molecule has 0 bridgehead atoms. The van der Waals surface area contributed by atoms with Crippen molar-refractivity contribution >= 4 is 17.5 Å². The van der Waals surface area contributed by atoms with E-state index in [1.807, 2.05) is 55.5 Å². The lowest BCUT2D eigenvalue weighted by Gasteiger charge is -2.37. The van der Waals surface area contributed by atoms with Crippen molar-refractivity contribution in [1.29, 1.82) is 0 Å². The molecule has 2 aromatic carbocycles. The van der Waals surface area contributed by atoms with E-state index >= 15 is 0 Å². The number of anilines is 1. The second kappa shape index (κ2) is 9.76. The third-order valence-electron chi connectivity index (χ3n) is 7.04. The lowest BCUT2D eigenvalue weighted by atomic mass is 9.84. The van der Waals surface area contributed by atoms with E-state index in [0.29, 0.717) is 18.8 Å². The van der Waals surface area contributed by atoms with Crippen molar-refractivity contribution < 1.29 is 24.2 Å². The molecule has 1 aliphatic carbocycles. The topological polar surface area (TPSA) is 96.9 Å². The predicted octanol–water partition coefficient (Wildman–Crippen LogP) is 3.69. The summed E-state index contributed by atoms with van der Waals surface area (Å²) in [6, 6.07) is 15.4. The van der Waals surface area contributed by atoms with E-state index in [1.165, 1.54) is 0 Å². The highest BCUT2D eigenvalue weighted by Gasteiger charge is 2.46. The third-order valence-corrected chi connectivity index (χ3v) is 7.04. The molecule has 2 aliphatic heterocycles. The molecule has 1 saturated carbocycles. The van der Waals surface area contributed by atoms with Gasteiger partial charge in [0.1, 0.15) is 18.0 Å². The molecule has 0 spiro atoms. The summed E-state index contributed by atoms with van der Waals surface area (Å²) in [7, 11) is 0. The summed E-state index contributed by atoms with van der Waals surface area (Å²) in [5, 5.41) is 16.0. The number of nitrogens with one attached hydrogen (secondary N) is 2. The van der Waals surface area contributed by atoms with Gasteiger partial charge in [0, 0.05) is 23.6 Å². The van der Waals surface area contributed by atoms with Crippen LogP contribution in [0, 0.1) is 5.92 Å². The van der Waals surface area contributed by atoms with Crippen LogP contribution in [0.4, 0.5) is 5.69 Å². The Balaban J connectivity index is 1.25. The number of hydrogen-bond acceptors (Lipinski definition) is 5. The Kier molecular flexibility index (Phi) is 6.57. The predicted molar refractivity (Wildman–Crippen MR) is 128 cm³/mol. The molecule has 0 radical (unpaired) electrons. The van der Waals surface area contributed by atoms with E-state index in [-0.39, 0.29) is 49.0 Å². The van der Waals surface area contributed by atoms with Gasteiger partial charge in [-0.3, -0.25) is 9.59 Å². The van der Waals surface area contributed by atoms with Crippen LogP contribution in [0.1, 0.15) is 62.1 Å². The number of carbonyl (C=O) groups excluding carboxylic acids is 2. The number of aliphatic hydroxyl groups is 1. The third kappa shape index (κ3) is 5.10. The van der Waals surface area contributed by atoms with Crippen molar-refractivity contribution in [3.63, 3.8) is 0 Å². The first-order valence-corrected chi connectivity index (χ1v) is 12.2. The number of carbonyl (C=O) groups is 2. The fraction of sp³-hybridized carbons (Fsp3) is 0.481. The Bertz CT molecular complexity index is 1040. The van der Waals surface area contributed by atoms with Gasteiger partial charge in [0.2, 0.25) is 11.8 Å². The van der Waals surface area contributed by atoms with Crippen molar-refractivity contribution in [1.82, 2.24) is 5.32 Å². The maximum absolute atomic E-state index is 12.8. The molecule has 3 N–H and O–H groups in total. The smallest absolute Gasteiger partial charge is 0.224 e. The van der Waals surface area contributed by atoms with Gasteiger partial charge in [0.25, 0.3) is 0 Å². The number of ether oxygens (including phenoxy) is 2. The van der Waals surface area contributed by atoms with E-state index in [2.05, 4.69) is 10.6 Å². The van der Waals surface area contributed by atoms with Crippen LogP contribution in [0.15, 0.2) is 48.5 Å². The summed E-state index contributed by atoms with van der Waals surface area (Å²) in [5.41, 5.74) is 2.80. The number of aliphatic hydroxyl groups excluding tert-OH is 1. The normalized spacial score (nSPS) is 26.1. The summed E-state index contributed by atoms with van der Waals surface area (Å²) >= 11 is 0. The summed E-state index contributed by atoms with van der Waals surface area (Å²) < 4.78 is 12.2. The molecule has 3 aliphatic rings. The van der Waals surface area contributed by atoms with Crippen molar-refractivity contribution in [3.05, 3.63) is 59.7 Å². The zero-order chi connectivity index (χ0) is 23.7. The van der Waals surface area contributed by atoms with Gasteiger partial charge in [-0.2, -0.15) is 0 Å². The van der Waals surface area contributed by atoms with E-state index in [1.54, 1.807) is 0 Å². The fourth-order valence-electron chi connectivity index (χ4n) is 5.10. The summed E-state index contributed by atoms with van der Waals surface area (Å²) in [4.78, 5) is 25.0. The highest BCUT2D eigenvalue weighted by Crippen LogP contribution is 2.47. The highest BCUT2D eigenvalue weighted by atomic mass is 16.6. The molecular formula is C27H32N2O5. The van der Waals surface area contributed by atoms with E-state index in [9.17, 15) is 14.7 Å². The lowest BCUT2D eigenvalue weighted by molar-refractivity contribution is -0.142. The molecule has 0 unspecified atom stereocenters. The number of hydrogen-bond donors (Lipinski definition) is 3. The maximum Gasteiger partial charge on any atom is 0.224 e. The second-order valence-electron chi connectivity index (χ2n) is 9.76. The van der Waals surface area contributed by atoms with Gasteiger partial charge < -0.3 is 25.2 Å². The largest absolute Gasteiger partial charge is 0.487 e. The summed E-state index contributed by atoms with van der Waals surface area (Å²) in [6.45, 7) is 1.78. The SMILES string of the molecule is C[C@H](NC(=O)C[C@H]1C[C@@H]2c3cc(NC(=O)CC4CC4)ccc3O[C@@H]2[C@H](CO)O1)c1ccccc1. The van der Waals surface area contributed by atoms with Gasteiger partial charge in [-0.1, -0.05) is 30.3 Å². The monoisotopic (exact) mass is 464 g/mol. The van der Waals surface area contributed by atoms with Gasteiger partial charge >= 0.3 is 0 Å². The molecule has 1 saturated heterocycles. The van der Waals surface area contributed by atoms with Crippen LogP contribution in [0.5, 0.6) is 5.75 Å². The van der Waals surface area contributed by atoms with Crippen LogP contribution >= 0.6 is 0 Å². The Labute approximate surface area is 199 Å². The quantitative estimate of drug-likeness (QED) is 0.554. The zero-order valence-electron chi connectivity index (χ0n) is 19.4. The first kappa shape index (κ1) is 22.9. The number of rotatable bonds is 8. The number of benzene rings is 2. The van der Waals surface area contributed by atoms with E-state index in [0.717, 1.165) is 35.4 Å². The lowest BCUT2D eigenvalue weighted by Crippen LogP contribution is -2.47. The zero-order valence-corrected chi connectivity index (χ0v) is 19.4. The molecular weight excluding hydrogens is 432 g/mol. The summed E-state index contributed by atoms with van der Waals surface area (Å²) in [6.07, 6.45) is 2.52. The first-order chi connectivity index (χ1) is 16.5. The average Bonchev–Trinajstić information content (AvgIpc) is 3.57. The molecule has 2 amide bonds. The molecule has 34 heavy (non-hydrogen) atoms. The molecule has 0 aromatic heterocycles. The van der Waals surface area contributed by atoms with Crippen molar-refractivity contribution in [2.75, 3.05) is 11.9 Å². The van der Waals surface area contributed by atoms with Crippen LogP contribution < -0.4 is 15.4 Å². The van der Waals surface area contributed by atoms with Gasteiger partial charge in [-0.15, -0.1) is 0 Å². The Hall–Kier alpha value is -2.90. The minimum Gasteiger partial charge on any atom is -0.487 e. The van der Waals surface area contributed by atoms with Crippen molar-refractivity contribution in [2.45, 2.75) is 69.3 Å². The van der Waals surface area contributed by atoms with Crippen LogP contribution in [-0.2, 0) is 14.3 Å². The molecule has 7 heteroatoms. The van der Waals surface area contributed by atoms with Gasteiger partial charge in [-0.05, 0) is 55.9 Å². The first-order valence-electron chi connectivity index (χ1n) is 12.2. The minimum absolute atomic E-state index is 0.00877. The summed E-state index contributed by atoms with van der Waals surface area (Å²) in [5.74, 6) is 1.22. The molecule has 2 aromatic rings. The molecule has 5 atom stereocenters. The second-order valence-corrected chi connectivity index (χ2v) is 9.76. The van der Waals surface area contributed by atoms with Crippen LogP contribution in [0.25, 0.3) is 0 Å². The molecule has 2 heterocycles. The molecule has 7 nitrogen and oxygen atoms in total. The van der Waals surface area contributed by atoms with Gasteiger partial charge in [-0.25, -0.2) is 0 Å². The van der Waals surface area contributed by atoms with Crippen LogP contribution in [0.2, 0.25) is 0 Å². The van der Waals surface area contributed by atoms with Gasteiger partial charge in [0.15, 0.2) is 0 Å². The Morgan fingerprint density at radius 2 is 1.88 bits per heavy atom. The van der Waals surface area contributed by atoms with Crippen LogP contribution in [0.3, 0.4) is 0 Å². The fourth-order valence-corrected chi connectivity index (χ4v) is 5.10. The number of amides is 2. The molecule has 5 rings (SSSR count). The maximum atomic E-state index is 12.8. The molecule has 2 fully saturated rings. The highest BCUT2D eigenvalue weighted by molar-refractivity contribution is 5.91. The van der Waals surface area contributed by atoms with Crippen molar-refractivity contribution in [3.8, 4) is 5.75 Å². The minimum atomic E-state index is -0.511. The number of fused-ring (bicyclic) bond motifs is 3. The van der Waals surface area contributed by atoms with E-state index in [4.69, 9.17) is 9.47 Å².